The minimum atomic E-state index is -0.199. The molecule has 2 N–H and O–H groups in total. The lowest BCUT2D eigenvalue weighted by Gasteiger charge is -2.23. The molecule has 1 atom stereocenters. The van der Waals surface area contributed by atoms with Gasteiger partial charge in [-0.3, -0.25) is 9.78 Å². The van der Waals surface area contributed by atoms with Crippen LogP contribution >= 0.6 is 11.6 Å². The Kier molecular flexibility index (Phi) is 4.42. The van der Waals surface area contributed by atoms with E-state index in [1.807, 2.05) is 6.07 Å². The number of carbonyl (C=O) groups excluding carboxylic acids is 1. The minimum absolute atomic E-state index is 0.199. The molecule has 0 spiro atoms. The van der Waals surface area contributed by atoms with Crippen molar-refractivity contribution < 1.29 is 4.79 Å². The van der Waals surface area contributed by atoms with Gasteiger partial charge in [0.2, 0.25) is 5.91 Å². The highest BCUT2D eigenvalue weighted by molar-refractivity contribution is 6.33. The Bertz CT molecular complexity index is 424. The van der Waals surface area contributed by atoms with Crippen LogP contribution in [0.25, 0.3) is 0 Å². The highest BCUT2D eigenvalue weighted by Gasteiger charge is 2.19. The lowest BCUT2D eigenvalue weighted by atomic mass is 9.97. The molecule has 5 heteroatoms. The lowest BCUT2D eigenvalue weighted by molar-refractivity contribution is -0.118. The molecule has 0 aliphatic carbocycles. The fraction of sp³-hybridized carbons (Fsp3) is 0.538. The minimum Gasteiger partial charge on any atom is -0.370 e. The fourth-order valence-corrected chi connectivity index (χ4v) is 2.76. The van der Waals surface area contributed by atoms with Crippen molar-refractivity contribution in [2.75, 3.05) is 18.0 Å². The summed E-state index contributed by atoms with van der Waals surface area (Å²) < 4.78 is 0. The molecule has 1 saturated heterocycles. The first-order chi connectivity index (χ1) is 8.66. The largest absolute Gasteiger partial charge is 0.370 e. The summed E-state index contributed by atoms with van der Waals surface area (Å²) in [5.41, 5.74) is 6.30. The number of hydrogen-bond donors (Lipinski definition) is 1. The summed E-state index contributed by atoms with van der Waals surface area (Å²) in [7, 11) is 0. The molecule has 1 unspecified atom stereocenters. The van der Waals surface area contributed by atoms with Crippen molar-refractivity contribution in [3.63, 3.8) is 0 Å². The lowest BCUT2D eigenvalue weighted by Crippen LogP contribution is -2.25. The van der Waals surface area contributed by atoms with Crippen LogP contribution in [0.4, 0.5) is 5.69 Å². The SMILES string of the molecule is NC(=O)CC1CCCN(c2ccncc2Cl)CC1. The van der Waals surface area contributed by atoms with Gasteiger partial charge < -0.3 is 10.6 Å². The van der Waals surface area contributed by atoms with Gasteiger partial charge in [0.1, 0.15) is 0 Å². The molecule has 0 bridgehead atoms. The molecule has 98 valence electrons. The maximum atomic E-state index is 11.0. The molecule has 0 aromatic carbocycles. The first kappa shape index (κ1) is 13.1. The Hall–Kier alpha value is -1.29. The summed E-state index contributed by atoms with van der Waals surface area (Å²) in [6.45, 7) is 1.89. The summed E-state index contributed by atoms with van der Waals surface area (Å²) in [4.78, 5) is 17.2. The van der Waals surface area contributed by atoms with E-state index in [4.69, 9.17) is 17.3 Å². The summed E-state index contributed by atoms with van der Waals surface area (Å²) in [5, 5.41) is 0.686. The van der Waals surface area contributed by atoms with E-state index in [0.717, 1.165) is 38.0 Å². The first-order valence-electron chi connectivity index (χ1n) is 6.29. The van der Waals surface area contributed by atoms with Crippen molar-refractivity contribution in [3.05, 3.63) is 23.5 Å². The molecule has 1 aliphatic rings. The van der Waals surface area contributed by atoms with Crippen LogP contribution < -0.4 is 10.6 Å². The van der Waals surface area contributed by atoms with Gasteiger partial charge in [-0.25, -0.2) is 0 Å². The molecule has 2 heterocycles. The number of amides is 1. The van der Waals surface area contributed by atoms with Gasteiger partial charge in [0, 0.05) is 31.9 Å². The van der Waals surface area contributed by atoms with Gasteiger partial charge in [-0.2, -0.15) is 0 Å². The molecule has 1 amide bonds. The molecule has 1 aromatic rings. The maximum Gasteiger partial charge on any atom is 0.217 e. The van der Waals surface area contributed by atoms with Gasteiger partial charge in [-0.05, 0) is 31.2 Å². The van der Waals surface area contributed by atoms with Crippen LogP contribution in [0.5, 0.6) is 0 Å². The van der Waals surface area contributed by atoms with Crippen molar-refractivity contribution in [2.45, 2.75) is 25.7 Å². The topological polar surface area (TPSA) is 59.2 Å². The number of hydrogen-bond acceptors (Lipinski definition) is 3. The highest BCUT2D eigenvalue weighted by atomic mass is 35.5. The van der Waals surface area contributed by atoms with Crippen molar-refractivity contribution in [1.29, 1.82) is 0 Å². The number of carbonyl (C=O) groups is 1. The average molecular weight is 268 g/mol. The van der Waals surface area contributed by atoms with Crippen LogP contribution in [0.2, 0.25) is 5.02 Å². The normalized spacial score (nSPS) is 20.5. The molecule has 1 aromatic heterocycles. The van der Waals surface area contributed by atoms with Gasteiger partial charge >= 0.3 is 0 Å². The summed E-state index contributed by atoms with van der Waals surface area (Å²) >= 11 is 6.15. The zero-order valence-corrected chi connectivity index (χ0v) is 11.1. The smallest absolute Gasteiger partial charge is 0.217 e. The number of aromatic nitrogens is 1. The van der Waals surface area contributed by atoms with Gasteiger partial charge in [-0.1, -0.05) is 11.6 Å². The van der Waals surface area contributed by atoms with E-state index in [9.17, 15) is 4.79 Å². The first-order valence-corrected chi connectivity index (χ1v) is 6.67. The van der Waals surface area contributed by atoms with Crippen molar-refractivity contribution in [2.24, 2.45) is 11.7 Å². The molecular weight excluding hydrogens is 250 g/mol. The van der Waals surface area contributed by atoms with Crippen LogP contribution in [0.15, 0.2) is 18.5 Å². The Morgan fingerprint density at radius 3 is 3.06 bits per heavy atom. The maximum absolute atomic E-state index is 11.0. The third-order valence-electron chi connectivity index (χ3n) is 3.43. The van der Waals surface area contributed by atoms with Gasteiger partial charge in [0.05, 0.1) is 10.7 Å². The highest BCUT2D eigenvalue weighted by Crippen LogP contribution is 2.28. The summed E-state index contributed by atoms with van der Waals surface area (Å²) in [6.07, 6.45) is 7.04. The molecule has 1 fully saturated rings. The quantitative estimate of drug-likeness (QED) is 0.914. The number of pyridine rings is 1. The number of nitrogens with two attached hydrogens (primary N) is 1. The number of anilines is 1. The van der Waals surface area contributed by atoms with Crippen LogP contribution in [0.1, 0.15) is 25.7 Å². The Labute approximate surface area is 112 Å². The van der Waals surface area contributed by atoms with Gasteiger partial charge in [0.15, 0.2) is 0 Å². The second kappa shape index (κ2) is 6.05. The van der Waals surface area contributed by atoms with Crippen LogP contribution in [0.3, 0.4) is 0 Å². The van der Waals surface area contributed by atoms with E-state index in [1.54, 1.807) is 12.4 Å². The second-order valence-electron chi connectivity index (χ2n) is 4.78. The number of primary amides is 1. The van der Waals surface area contributed by atoms with Crippen LogP contribution in [0, 0.1) is 5.92 Å². The van der Waals surface area contributed by atoms with E-state index in [2.05, 4.69) is 9.88 Å². The van der Waals surface area contributed by atoms with Gasteiger partial charge in [-0.15, -0.1) is 0 Å². The Morgan fingerprint density at radius 1 is 1.50 bits per heavy atom. The van der Waals surface area contributed by atoms with E-state index in [1.165, 1.54) is 0 Å². The zero-order valence-electron chi connectivity index (χ0n) is 10.3. The predicted octanol–water partition coefficient (Wildman–Crippen LogP) is 2.22. The van der Waals surface area contributed by atoms with E-state index < -0.39 is 0 Å². The second-order valence-corrected chi connectivity index (χ2v) is 5.19. The molecule has 4 nitrogen and oxygen atoms in total. The number of halogens is 1. The van der Waals surface area contributed by atoms with Crippen molar-refractivity contribution in [1.82, 2.24) is 4.98 Å². The standard InChI is InChI=1S/C13H18ClN3O/c14-11-9-16-5-3-12(11)17-6-1-2-10(4-7-17)8-13(15)18/h3,5,9-10H,1-2,4,6-8H2,(H2,15,18). The summed E-state index contributed by atoms with van der Waals surface area (Å²) in [6, 6.07) is 1.94. The molecule has 2 rings (SSSR count). The Balaban J connectivity index is 2.01. The molecular formula is C13H18ClN3O. The third kappa shape index (κ3) is 3.35. The third-order valence-corrected chi connectivity index (χ3v) is 3.72. The van der Waals surface area contributed by atoms with Crippen molar-refractivity contribution >= 4 is 23.2 Å². The number of rotatable bonds is 3. The average Bonchev–Trinajstić information content (AvgIpc) is 2.55. The van der Waals surface area contributed by atoms with Crippen molar-refractivity contribution in [3.8, 4) is 0 Å². The fourth-order valence-electron chi connectivity index (χ4n) is 2.52. The molecule has 0 radical (unpaired) electrons. The van der Waals surface area contributed by atoms with Crippen LogP contribution in [-0.2, 0) is 4.79 Å². The summed E-state index contributed by atoms with van der Waals surface area (Å²) in [5.74, 6) is 0.212. The molecule has 0 saturated carbocycles. The zero-order chi connectivity index (χ0) is 13.0. The molecule has 18 heavy (non-hydrogen) atoms. The van der Waals surface area contributed by atoms with E-state index in [0.29, 0.717) is 17.4 Å². The Morgan fingerprint density at radius 2 is 2.33 bits per heavy atom. The van der Waals surface area contributed by atoms with E-state index >= 15 is 0 Å². The molecule has 1 aliphatic heterocycles. The van der Waals surface area contributed by atoms with E-state index in [-0.39, 0.29) is 5.91 Å². The van der Waals surface area contributed by atoms with Gasteiger partial charge in [0.25, 0.3) is 0 Å². The number of nitrogens with zero attached hydrogens (tertiary/aromatic N) is 2. The van der Waals surface area contributed by atoms with Crippen LogP contribution in [-0.4, -0.2) is 24.0 Å². The monoisotopic (exact) mass is 267 g/mol. The predicted molar refractivity (Wildman–Crippen MR) is 72.6 cm³/mol.